The Kier molecular flexibility index (Phi) is 6.38. The number of benzene rings is 1. The Morgan fingerprint density at radius 2 is 1.95 bits per heavy atom. The Bertz CT molecular complexity index is 436. The van der Waals surface area contributed by atoms with Crippen molar-refractivity contribution in [3.63, 3.8) is 0 Å². The van der Waals surface area contributed by atoms with Crippen molar-refractivity contribution in [2.45, 2.75) is 58.1 Å². The quantitative estimate of drug-likeness (QED) is 0.624. The van der Waals surface area contributed by atoms with Gasteiger partial charge in [0.05, 0.1) is 12.6 Å². The lowest BCUT2D eigenvalue weighted by Gasteiger charge is -2.23. The summed E-state index contributed by atoms with van der Waals surface area (Å²) < 4.78 is 6.02. The Morgan fingerprint density at radius 3 is 2.62 bits per heavy atom. The van der Waals surface area contributed by atoms with Crippen molar-refractivity contribution in [2.75, 3.05) is 6.54 Å². The highest BCUT2D eigenvalue weighted by Crippen LogP contribution is 2.23. The molecule has 0 saturated heterocycles. The van der Waals surface area contributed by atoms with Gasteiger partial charge in [0, 0.05) is 6.54 Å². The number of nitrogens with two attached hydrogens (primary N) is 1. The number of hydrogen-bond acceptors (Lipinski definition) is 2. The van der Waals surface area contributed by atoms with E-state index >= 15 is 0 Å². The number of ether oxygens (including phenoxy) is 1. The van der Waals surface area contributed by atoms with E-state index in [0.29, 0.717) is 18.6 Å². The van der Waals surface area contributed by atoms with Gasteiger partial charge in [-0.25, -0.2) is 4.99 Å². The third-order valence-corrected chi connectivity index (χ3v) is 3.77. The first kappa shape index (κ1) is 15.7. The highest BCUT2D eigenvalue weighted by Gasteiger charge is 2.14. The lowest BCUT2D eigenvalue weighted by molar-refractivity contribution is 0.155. The molecule has 0 aliphatic heterocycles. The highest BCUT2D eigenvalue weighted by atomic mass is 16.5. The van der Waals surface area contributed by atoms with E-state index in [1.165, 1.54) is 32.1 Å². The molecule has 0 heterocycles. The average molecular weight is 289 g/mol. The lowest BCUT2D eigenvalue weighted by atomic mass is 9.98. The predicted molar refractivity (Wildman–Crippen MR) is 87.6 cm³/mol. The topological polar surface area (TPSA) is 59.6 Å². The Hall–Kier alpha value is -1.71. The van der Waals surface area contributed by atoms with E-state index in [1.807, 2.05) is 12.1 Å². The molecule has 0 aromatic heterocycles. The van der Waals surface area contributed by atoms with Gasteiger partial charge in [-0.15, -0.1) is 0 Å². The van der Waals surface area contributed by atoms with Crippen LogP contribution in [0.25, 0.3) is 0 Å². The summed E-state index contributed by atoms with van der Waals surface area (Å²) in [5, 5.41) is 3.07. The van der Waals surface area contributed by atoms with Crippen molar-refractivity contribution in [1.29, 1.82) is 0 Å². The van der Waals surface area contributed by atoms with Gasteiger partial charge in [0.1, 0.15) is 5.75 Å². The van der Waals surface area contributed by atoms with Crippen LogP contribution in [-0.2, 0) is 6.54 Å². The summed E-state index contributed by atoms with van der Waals surface area (Å²) in [5.41, 5.74) is 6.92. The molecule has 4 nitrogen and oxygen atoms in total. The second-order valence-electron chi connectivity index (χ2n) is 5.65. The normalized spacial score (nSPS) is 16.7. The molecular weight excluding hydrogens is 262 g/mol. The van der Waals surface area contributed by atoms with Gasteiger partial charge in [-0.3, -0.25) is 0 Å². The summed E-state index contributed by atoms with van der Waals surface area (Å²) in [6.45, 7) is 3.57. The van der Waals surface area contributed by atoms with E-state index in [9.17, 15) is 0 Å². The molecule has 3 N–H and O–H groups in total. The van der Waals surface area contributed by atoms with E-state index < -0.39 is 0 Å². The monoisotopic (exact) mass is 289 g/mol. The predicted octanol–water partition coefficient (Wildman–Crippen LogP) is 3.21. The molecule has 21 heavy (non-hydrogen) atoms. The maximum absolute atomic E-state index is 6.02. The summed E-state index contributed by atoms with van der Waals surface area (Å²) in [4.78, 5) is 4.32. The summed E-state index contributed by atoms with van der Waals surface area (Å²) in [7, 11) is 0. The molecule has 0 bridgehead atoms. The van der Waals surface area contributed by atoms with Crippen molar-refractivity contribution in [1.82, 2.24) is 5.32 Å². The van der Waals surface area contributed by atoms with Crippen LogP contribution in [0.5, 0.6) is 5.75 Å². The van der Waals surface area contributed by atoms with Crippen molar-refractivity contribution in [3.8, 4) is 5.75 Å². The number of nitrogens with one attached hydrogen (secondary N) is 1. The second kappa shape index (κ2) is 8.55. The van der Waals surface area contributed by atoms with Crippen LogP contribution in [0, 0.1) is 0 Å². The summed E-state index contributed by atoms with van der Waals surface area (Å²) in [6, 6.07) is 8.20. The SMILES string of the molecule is CCCNC(N)=NCc1ccc(OC2CCCCC2)cc1. The van der Waals surface area contributed by atoms with Crippen LogP contribution in [-0.4, -0.2) is 18.6 Å². The van der Waals surface area contributed by atoms with Crippen molar-refractivity contribution >= 4 is 5.96 Å². The van der Waals surface area contributed by atoms with E-state index in [4.69, 9.17) is 10.5 Å². The van der Waals surface area contributed by atoms with Gasteiger partial charge in [-0.2, -0.15) is 0 Å². The van der Waals surface area contributed by atoms with Crippen LogP contribution in [0.2, 0.25) is 0 Å². The molecule has 0 atom stereocenters. The summed E-state index contributed by atoms with van der Waals surface area (Å²) >= 11 is 0. The second-order valence-corrected chi connectivity index (χ2v) is 5.65. The average Bonchev–Trinajstić information content (AvgIpc) is 2.53. The van der Waals surface area contributed by atoms with Gasteiger partial charge >= 0.3 is 0 Å². The Balaban J connectivity index is 1.81. The van der Waals surface area contributed by atoms with Crippen LogP contribution < -0.4 is 15.8 Å². The molecule has 1 fully saturated rings. The molecule has 1 aliphatic rings. The van der Waals surface area contributed by atoms with Crippen LogP contribution in [0.1, 0.15) is 51.0 Å². The van der Waals surface area contributed by atoms with E-state index in [2.05, 4.69) is 29.4 Å². The maximum Gasteiger partial charge on any atom is 0.188 e. The fraction of sp³-hybridized carbons (Fsp3) is 0.588. The molecule has 1 aromatic rings. The smallest absolute Gasteiger partial charge is 0.188 e. The Labute approximate surface area is 127 Å². The Morgan fingerprint density at radius 1 is 1.24 bits per heavy atom. The minimum Gasteiger partial charge on any atom is -0.490 e. The molecular formula is C17H27N3O. The maximum atomic E-state index is 6.02. The molecule has 4 heteroatoms. The van der Waals surface area contributed by atoms with Crippen LogP contribution in [0.3, 0.4) is 0 Å². The summed E-state index contributed by atoms with van der Waals surface area (Å²) in [6.07, 6.45) is 7.75. The molecule has 1 saturated carbocycles. The van der Waals surface area contributed by atoms with Crippen molar-refractivity contribution in [2.24, 2.45) is 10.7 Å². The zero-order valence-corrected chi connectivity index (χ0v) is 13.0. The molecule has 1 aliphatic carbocycles. The first-order valence-corrected chi connectivity index (χ1v) is 8.07. The largest absolute Gasteiger partial charge is 0.490 e. The number of guanidine groups is 1. The van der Waals surface area contributed by atoms with Gasteiger partial charge in [0.25, 0.3) is 0 Å². The highest BCUT2D eigenvalue weighted by molar-refractivity contribution is 5.77. The van der Waals surface area contributed by atoms with Crippen molar-refractivity contribution < 1.29 is 4.74 Å². The molecule has 116 valence electrons. The van der Waals surface area contributed by atoms with E-state index in [1.54, 1.807) is 0 Å². The summed E-state index contributed by atoms with van der Waals surface area (Å²) in [5.74, 6) is 1.48. The number of rotatable bonds is 6. The number of hydrogen-bond donors (Lipinski definition) is 2. The standard InChI is InChI=1S/C17H27N3O/c1-2-12-19-17(18)20-13-14-8-10-16(11-9-14)21-15-6-4-3-5-7-15/h8-11,15H,2-7,12-13H2,1H3,(H3,18,19,20). The minimum absolute atomic E-state index is 0.400. The molecule has 2 rings (SSSR count). The zero-order valence-electron chi connectivity index (χ0n) is 13.0. The number of aliphatic imine (C=N–C) groups is 1. The van der Waals surface area contributed by atoms with Gasteiger partial charge in [0.2, 0.25) is 0 Å². The first-order valence-electron chi connectivity index (χ1n) is 8.07. The van der Waals surface area contributed by atoms with E-state index in [-0.39, 0.29) is 0 Å². The zero-order chi connectivity index (χ0) is 14.9. The third kappa shape index (κ3) is 5.66. The van der Waals surface area contributed by atoms with Gasteiger partial charge in [-0.05, 0) is 49.8 Å². The minimum atomic E-state index is 0.400. The van der Waals surface area contributed by atoms with Gasteiger partial charge < -0.3 is 15.8 Å². The molecule has 0 radical (unpaired) electrons. The fourth-order valence-corrected chi connectivity index (χ4v) is 2.53. The van der Waals surface area contributed by atoms with Gasteiger partial charge in [-0.1, -0.05) is 25.5 Å². The number of nitrogens with zero attached hydrogens (tertiary/aromatic N) is 1. The molecule has 0 amide bonds. The van der Waals surface area contributed by atoms with Crippen LogP contribution >= 0.6 is 0 Å². The molecule has 0 unspecified atom stereocenters. The van der Waals surface area contributed by atoms with Gasteiger partial charge in [0.15, 0.2) is 5.96 Å². The fourth-order valence-electron chi connectivity index (χ4n) is 2.53. The third-order valence-electron chi connectivity index (χ3n) is 3.77. The van der Waals surface area contributed by atoms with E-state index in [0.717, 1.165) is 24.3 Å². The van der Waals surface area contributed by atoms with Crippen LogP contribution in [0.4, 0.5) is 0 Å². The molecule has 0 spiro atoms. The molecule has 1 aromatic carbocycles. The van der Waals surface area contributed by atoms with Crippen LogP contribution in [0.15, 0.2) is 29.3 Å². The van der Waals surface area contributed by atoms with Crippen molar-refractivity contribution in [3.05, 3.63) is 29.8 Å². The first-order chi connectivity index (χ1) is 10.3. The lowest BCUT2D eigenvalue weighted by Crippen LogP contribution is -2.32.